The zero-order valence-corrected chi connectivity index (χ0v) is 30.0. The van der Waals surface area contributed by atoms with E-state index in [1.807, 2.05) is 24.8 Å². The van der Waals surface area contributed by atoms with E-state index in [2.05, 4.69) is 177 Å². The second-order valence-electron chi connectivity index (χ2n) is 14.3. The molecule has 0 radical (unpaired) electrons. The first-order valence-electron chi connectivity index (χ1n) is 18.8. The summed E-state index contributed by atoms with van der Waals surface area (Å²) in [5.74, 6) is 0. The number of pyridine rings is 2. The highest BCUT2D eigenvalue weighted by atomic mass is 15.0. The molecule has 0 bridgehead atoms. The second kappa shape index (κ2) is 11.9. The molecule has 0 unspecified atom stereocenters. The molecule has 0 amide bonds. The highest BCUT2D eigenvalue weighted by molar-refractivity contribution is 6.23. The lowest BCUT2D eigenvalue weighted by Crippen LogP contribution is -1.99. The number of hydrogen-bond acceptors (Lipinski definition) is 4. The lowest BCUT2D eigenvalue weighted by molar-refractivity contribution is 1.16. The maximum atomic E-state index is 5.55. The van der Waals surface area contributed by atoms with Gasteiger partial charge in [-0.1, -0.05) is 109 Å². The average Bonchev–Trinajstić information content (AvgIpc) is 3.79. The summed E-state index contributed by atoms with van der Waals surface area (Å²) in [5, 5.41) is 9.29. The third kappa shape index (κ3) is 4.44. The van der Waals surface area contributed by atoms with Crippen molar-refractivity contribution in [3.63, 3.8) is 0 Å². The molecule has 6 heteroatoms. The van der Waals surface area contributed by atoms with Gasteiger partial charge >= 0.3 is 0 Å². The molecule has 5 heterocycles. The van der Waals surface area contributed by atoms with Crippen molar-refractivity contribution in [2.45, 2.75) is 0 Å². The lowest BCUT2D eigenvalue weighted by atomic mass is 9.97. The predicted octanol–water partition coefficient (Wildman–Crippen LogP) is 12.3. The van der Waals surface area contributed by atoms with Gasteiger partial charge in [-0.3, -0.25) is 9.97 Å². The fourth-order valence-electron chi connectivity index (χ4n) is 8.79. The van der Waals surface area contributed by atoms with E-state index in [1.165, 1.54) is 32.3 Å². The van der Waals surface area contributed by atoms with Crippen LogP contribution in [-0.4, -0.2) is 29.1 Å². The van der Waals surface area contributed by atoms with Crippen LogP contribution >= 0.6 is 0 Å². The summed E-state index contributed by atoms with van der Waals surface area (Å²) >= 11 is 0. The quantitative estimate of drug-likeness (QED) is 0.170. The molecular weight excluding hydrogens is 685 g/mol. The Morgan fingerprint density at radius 2 is 0.661 bits per heavy atom. The van der Waals surface area contributed by atoms with Crippen LogP contribution in [0.2, 0.25) is 0 Å². The van der Waals surface area contributed by atoms with Gasteiger partial charge in [-0.15, -0.1) is 0 Å². The zero-order chi connectivity index (χ0) is 36.7. The van der Waals surface area contributed by atoms with Crippen molar-refractivity contribution in [2.75, 3.05) is 0 Å². The third-order valence-corrected chi connectivity index (χ3v) is 11.3. The monoisotopic (exact) mass is 714 g/mol. The molecule has 56 heavy (non-hydrogen) atoms. The Hall–Kier alpha value is -7.70. The maximum absolute atomic E-state index is 5.55. The van der Waals surface area contributed by atoms with Gasteiger partial charge in [0.2, 0.25) is 0 Å². The van der Waals surface area contributed by atoms with Crippen molar-refractivity contribution in [3.05, 3.63) is 183 Å². The number of benzene rings is 7. The Kier molecular flexibility index (Phi) is 6.53. The van der Waals surface area contributed by atoms with Crippen molar-refractivity contribution < 1.29 is 0 Å². The molecule has 12 aromatic rings. The molecule has 0 aliphatic rings. The largest absolute Gasteiger partial charge is 0.308 e. The predicted molar refractivity (Wildman–Crippen MR) is 230 cm³/mol. The van der Waals surface area contributed by atoms with Crippen molar-refractivity contribution >= 4 is 76.2 Å². The SMILES string of the molecule is c1ccc2c(c1)c1ccccc1c1nc(-c3ccc(-n4c5ccccc5c5ccncc54)cc3)c(-c3ccc(-n4c5ccccc5c5ccncc54)cc3)nc21. The second-order valence-corrected chi connectivity index (χ2v) is 14.3. The van der Waals surface area contributed by atoms with E-state index in [4.69, 9.17) is 9.97 Å². The number of fused-ring (bicyclic) bond motifs is 12. The van der Waals surface area contributed by atoms with Gasteiger partial charge in [0.15, 0.2) is 0 Å². The molecule has 260 valence electrons. The van der Waals surface area contributed by atoms with Crippen LogP contribution in [0.4, 0.5) is 0 Å². The van der Waals surface area contributed by atoms with Gasteiger partial charge in [0.1, 0.15) is 0 Å². The van der Waals surface area contributed by atoms with Crippen LogP contribution in [0.3, 0.4) is 0 Å². The molecule has 0 aliphatic carbocycles. The van der Waals surface area contributed by atoms with Gasteiger partial charge in [0, 0.05) is 67.2 Å². The van der Waals surface area contributed by atoms with Crippen molar-refractivity contribution in [3.8, 4) is 33.9 Å². The molecule has 7 aromatic carbocycles. The average molecular weight is 715 g/mol. The molecule has 5 aromatic heterocycles. The minimum Gasteiger partial charge on any atom is -0.308 e. The van der Waals surface area contributed by atoms with E-state index >= 15 is 0 Å². The zero-order valence-electron chi connectivity index (χ0n) is 30.0. The Morgan fingerprint density at radius 1 is 0.304 bits per heavy atom. The minimum atomic E-state index is 0.835. The van der Waals surface area contributed by atoms with E-state index in [9.17, 15) is 0 Å². The molecule has 0 atom stereocenters. The van der Waals surface area contributed by atoms with Gasteiger partial charge in [-0.05, 0) is 59.3 Å². The van der Waals surface area contributed by atoms with Gasteiger partial charge in [0.05, 0.1) is 56.9 Å². The van der Waals surface area contributed by atoms with Crippen molar-refractivity contribution in [1.82, 2.24) is 29.1 Å². The Balaban J connectivity index is 1.08. The van der Waals surface area contributed by atoms with E-state index in [0.717, 1.165) is 77.8 Å². The summed E-state index contributed by atoms with van der Waals surface area (Å²) < 4.78 is 4.58. The van der Waals surface area contributed by atoms with Crippen molar-refractivity contribution in [1.29, 1.82) is 0 Å². The number of rotatable bonds is 4. The van der Waals surface area contributed by atoms with Crippen LogP contribution in [-0.2, 0) is 0 Å². The smallest absolute Gasteiger partial charge is 0.0979 e. The molecule has 0 spiro atoms. The van der Waals surface area contributed by atoms with E-state index in [-0.39, 0.29) is 0 Å². The van der Waals surface area contributed by atoms with Gasteiger partial charge in [0.25, 0.3) is 0 Å². The molecule has 0 aliphatic heterocycles. The molecule has 0 saturated carbocycles. The topological polar surface area (TPSA) is 61.4 Å². The summed E-state index contributed by atoms with van der Waals surface area (Å²) in [6.45, 7) is 0. The summed E-state index contributed by atoms with van der Waals surface area (Å²) in [5.41, 5.74) is 12.0. The molecule has 12 rings (SSSR count). The van der Waals surface area contributed by atoms with Crippen LogP contribution in [0.5, 0.6) is 0 Å². The van der Waals surface area contributed by atoms with E-state index in [1.54, 1.807) is 0 Å². The van der Waals surface area contributed by atoms with Crippen LogP contribution in [0.1, 0.15) is 0 Å². The van der Waals surface area contributed by atoms with Crippen molar-refractivity contribution in [2.24, 2.45) is 0 Å². The molecule has 0 fully saturated rings. The van der Waals surface area contributed by atoms with Crippen LogP contribution in [0.15, 0.2) is 183 Å². The first-order chi connectivity index (χ1) is 27.8. The first kappa shape index (κ1) is 30.7. The maximum Gasteiger partial charge on any atom is 0.0979 e. The Labute approximate surface area is 320 Å². The molecule has 6 nitrogen and oxygen atoms in total. The number of nitrogens with zero attached hydrogens (tertiary/aromatic N) is 6. The van der Waals surface area contributed by atoms with Crippen LogP contribution in [0.25, 0.3) is 110 Å². The number of hydrogen-bond donors (Lipinski definition) is 0. The van der Waals surface area contributed by atoms with E-state index in [0.29, 0.717) is 0 Å². The summed E-state index contributed by atoms with van der Waals surface area (Å²) in [6, 6.07) is 55.8. The number of aromatic nitrogens is 6. The lowest BCUT2D eigenvalue weighted by Gasteiger charge is -2.16. The van der Waals surface area contributed by atoms with Gasteiger partial charge < -0.3 is 9.13 Å². The summed E-state index contributed by atoms with van der Waals surface area (Å²) in [4.78, 5) is 20.1. The summed E-state index contributed by atoms with van der Waals surface area (Å²) in [6.07, 6.45) is 7.62. The molecule has 0 saturated heterocycles. The fraction of sp³-hybridized carbons (Fsp3) is 0. The summed E-state index contributed by atoms with van der Waals surface area (Å²) in [7, 11) is 0. The van der Waals surface area contributed by atoms with Crippen LogP contribution < -0.4 is 0 Å². The minimum absolute atomic E-state index is 0.835. The molecule has 0 N–H and O–H groups in total. The molecular formula is C50H30N6. The van der Waals surface area contributed by atoms with Gasteiger partial charge in [-0.2, -0.15) is 0 Å². The highest BCUT2D eigenvalue weighted by Gasteiger charge is 2.20. The number of para-hydroxylation sites is 2. The highest BCUT2D eigenvalue weighted by Crippen LogP contribution is 2.40. The Bertz CT molecular complexity index is 3180. The third-order valence-electron chi connectivity index (χ3n) is 11.3. The van der Waals surface area contributed by atoms with Gasteiger partial charge in [-0.25, -0.2) is 9.97 Å². The van der Waals surface area contributed by atoms with Crippen LogP contribution in [0, 0.1) is 0 Å². The normalized spacial score (nSPS) is 11.9. The Morgan fingerprint density at radius 3 is 1.09 bits per heavy atom. The standard InChI is InChI=1S/C50H30N6/c1-3-13-41-35(9-1)36-10-2-4-14-42(36)50-49(41)53-47(31-17-21-33(22-18-31)55-43-15-7-5-11-37(43)39-25-27-51-29-45(39)55)48(54-50)32-19-23-34(24-20-32)56-44-16-8-6-12-38(44)40-26-28-52-30-46(40)56/h1-30H. The first-order valence-corrected chi connectivity index (χ1v) is 18.8. The fourth-order valence-corrected chi connectivity index (χ4v) is 8.79. The van der Waals surface area contributed by atoms with E-state index < -0.39 is 0 Å².